The van der Waals surface area contributed by atoms with Crippen molar-refractivity contribution in [2.24, 2.45) is 5.92 Å². The number of furan rings is 1. The summed E-state index contributed by atoms with van der Waals surface area (Å²) in [7, 11) is 0. The Morgan fingerprint density at radius 1 is 1.56 bits per heavy atom. The van der Waals surface area contributed by atoms with Gasteiger partial charge in [-0.2, -0.15) is 0 Å². The Hall–Kier alpha value is -0.800. The highest BCUT2D eigenvalue weighted by atomic mass is 16.5. The maximum Gasteiger partial charge on any atom is 0.0935 e. The molecule has 1 aliphatic rings. The van der Waals surface area contributed by atoms with Gasteiger partial charge in [0.1, 0.15) is 0 Å². The van der Waals surface area contributed by atoms with Gasteiger partial charge in [0.15, 0.2) is 0 Å². The van der Waals surface area contributed by atoms with Crippen molar-refractivity contribution in [1.82, 2.24) is 5.32 Å². The van der Waals surface area contributed by atoms with Crippen LogP contribution in [0.4, 0.5) is 0 Å². The SMILES string of the molecule is CCNC(Cc1ccoc1)CC1CCOC1. The summed E-state index contributed by atoms with van der Waals surface area (Å²) in [5.74, 6) is 0.732. The summed E-state index contributed by atoms with van der Waals surface area (Å²) in [5, 5.41) is 3.55. The van der Waals surface area contributed by atoms with E-state index in [0.717, 1.165) is 32.1 Å². The maximum atomic E-state index is 5.43. The lowest BCUT2D eigenvalue weighted by atomic mass is 9.95. The molecule has 0 amide bonds. The van der Waals surface area contributed by atoms with E-state index in [1.807, 2.05) is 6.26 Å². The molecule has 0 aromatic carbocycles. The van der Waals surface area contributed by atoms with Crippen molar-refractivity contribution in [2.75, 3.05) is 19.8 Å². The van der Waals surface area contributed by atoms with Crippen LogP contribution in [0, 0.1) is 5.92 Å². The van der Waals surface area contributed by atoms with Crippen LogP contribution in [0.1, 0.15) is 25.3 Å². The van der Waals surface area contributed by atoms with E-state index in [0.29, 0.717) is 6.04 Å². The van der Waals surface area contributed by atoms with E-state index in [4.69, 9.17) is 9.15 Å². The highest BCUT2D eigenvalue weighted by molar-refractivity contribution is 5.07. The zero-order chi connectivity index (χ0) is 11.2. The molecule has 2 heterocycles. The molecule has 0 bridgehead atoms. The maximum absolute atomic E-state index is 5.43. The second-order valence-corrected chi connectivity index (χ2v) is 4.56. The van der Waals surface area contributed by atoms with E-state index in [2.05, 4.69) is 18.3 Å². The Morgan fingerprint density at radius 2 is 2.50 bits per heavy atom. The average Bonchev–Trinajstić information content (AvgIpc) is 2.91. The van der Waals surface area contributed by atoms with Gasteiger partial charge in [-0.25, -0.2) is 0 Å². The number of likely N-dealkylation sites (N-methyl/N-ethyl adjacent to an activating group) is 1. The van der Waals surface area contributed by atoms with Crippen molar-refractivity contribution >= 4 is 0 Å². The number of hydrogen-bond donors (Lipinski definition) is 1. The largest absolute Gasteiger partial charge is 0.472 e. The highest BCUT2D eigenvalue weighted by Gasteiger charge is 2.20. The summed E-state index contributed by atoms with van der Waals surface area (Å²) in [6.45, 7) is 5.06. The molecule has 0 spiro atoms. The third kappa shape index (κ3) is 3.35. The fourth-order valence-corrected chi connectivity index (χ4v) is 2.39. The second kappa shape index (κ2) is 6.06. The Kier molecular flexibility index (Phi) is 4.43. The van der Waals surface area contributed by atoms with Crippen LogP contribution in [0.5, 0.6) is 0 Å². The fraction of sp³-hybridized carbons (Fsp3) is 0.692. The molecule has 16 heavy (non-hydrogen) atoms. The van der Waals surface area contributed by atoms with Gasteiger partial charge in [-0.05, 0) is 43.4 Å². The van der Waals surface area contributed by atoms with Crippen LogP contribution in [-0.2, 0) is 11.2 Å². The molecule has 1 N–H and O–H groups in total. The average molecular weight is 223 g/mol. The van der Waals surface area contributed by atoms with E-state index >= 15 is 0 Å². The van der Waals surface area contributed by atoms with Gasteiger partial charge in [-0.3, -0.25) is 0 Å². The topological polar surface area (TPSA) is 34.4 Å². The standard InChI is InChI=1S/C13H21NO2/c1-2-14-13(7-11-3-5-15-9-11)8-12-4-6-16-10-12/h3,5,9,12-14H,2,4,6-8,10H2,1H3. The first kappa shape index (κ1) is 11.7. The van der Waals surface area contributed by atoms with Crippen molar-refractivity contribution in [2.45, 2.75) is 32.2 Å². The monoisotopic (exact) mass is 223 g/mol. The van der Waals surface area contributed by atoms with Crippen molar-refractivity contribution in [1.29, 1.82) is 0 Å². The molecule has 0 saturated carbocycles. The molecule has 1 aromatic rings. The van der Waals surface area contributed by atoms with Gasteiger partial charge < -0.3 is 14.5 Å². The molecule has 0 aliphatic carbocycles. The van der Waals surface area contributed by atoms with Crippen LogP contribution >= 0.6 is 0 Å². The van der Waals surface area contributed by atoms with Gasteiger partial charge in [0.25, 0.3) is 0 Å². The van der Waals surface area contributed by atoms with Crippen molar-refractivity contribution < 1.29 is 9.15 Å². The molecule has 2 rings (SSSR count). The summed E-state index contributed by atoms with van der Waals surface area (Å²) in [6.07, 6.45) is 7.07. The fourth-order valence-electron chi connectivity index (χ4n) is 2.39. The molecular formula is C13H21NO2. The molecule has 2 atom stereocenters. The third-order valence-corrected chi connectivity index (χ3v) is 3.20. The van der Waals surface area contributed by atoms with E-state index in [-0.39, 0.29) is 0 Å². The first-order chi connectivity index (χ1) is 7.88. The molecule has 90 valence electrons. The zero-order valence-electron chi connectivity index (χ0n) is 9.95. The van der Waals surface area contributed by atoms with Gasteiger partial charge in [-0.1, -0.05) is 6.92 Å². The lowest BCUT2D eigenvalue weighted by Crippen LogP contribution is -2.33. The van der Waals surface area contributed by atoms with E-state index < -0.39 is 0 Å². The normalized spacial score (nSPS) is 22.4. The van der Waals surface area contributed by atoms with Gasteiger partial charge in [0.05, 0.1) is 12.5 Å². The molecule has 1 fully saturated rings. The molecule has 1 aliphatic heterocycles. The lowest BCUT2D eigenvalue weighted by Gasteiger charge is -2.20. The first-order valence-electron chi connectivity index (χ1n) is 6.20. The molecule has 3 nitrogen and oxygen atoms in total. The molecule has 1 saturated heterocycles. The van der Waals surface area contributed by atoms with Crippen LogP contribution in [0.2, 0.25) is 0 Å². The van der Waals surface area contributed by atoms with Gasteiger partial charge in [0, 0.05) is 19.3 Å². The van der Waals surface area contributed by atoms with E-state index in [1.165, 1.54) is 18.4 Å². The van der Waals surface area contributed by atoms with E-state index in [1.54, 1.807) is 6.26 Å². The zero-order valence-corrected chi connectivity index (χ0v) is 9.95. The van der Waals surface area contributed by atoms with Crippen molar-refractivity contribution in [3.05, 3.63) is 24.2 Å². The quantitative estimate of drug-likeness (QED) is 0.803. The molecule has 2 unspecified atom stereocenters. The van der Waals surface area contributed by atoms with E-state index in [9.17, 15) is 0 Å². The molecule has 3 heteroatoms. The van der Waals surface area contributed by atoms with Gasteiger partial charge in [-0.15, -0.1) is 0 Å². The summed E-state index contributed by atoms with van der Waals surface area (Å²) in [5.41, 5.74) is 1.28. The Bertz CT molecular complexity index is 278. The second-order valence-electron chi connectivity index (χ2n) is 4.56. The lowest BCUT2D eigenvalue weighted by molar-refractivity contribution is 0.181. The van der Waals surface area contributed by atoms with Gasteiger partial charge in [0.2, 0.25) is 0 Å². The summed E-state index contributed by atoms with van der Waals surface area (Å²) in [4.78, 5) is 0. The minimum absolute atomic E-state index is 0.550. The minimum atomic E-state index is 0.550. The van der Waals surface area contributed by atoms with Crippen LogP contribution < -0.4 is 5.32 Å². The predicted molar refractivity (Wildman–Crippen MR) is 63.4 cm³/mol. The summed E-state index contributed by atoms with van der Waals surface area (Å²) in [6, 6.07) is 2.60. The Morgan fingerprint density at radius 3 is 3.12 bits per heavy atom. The molecule has 0 radical (unpaired) electrons. The summed E-state index contributed by atoms with van der Waals surface area (Å²) >= 11 is 0. The smallest absolute Gasteiger partial charge is 0.0935 e. The number of nitrogens with one attached hydrogen (secondary N) is 1. The number of hydrogen-bond acceptors (Lipinski definition) is 3. The van der Waals surface area contributed by atoms with Crippen LogP contribution in [0.15, 0.2) is 23.0 Å². The number of rotatable bonds is 6. The minimum Gasteiger partial charge on any atom is -0.472 e. The third-order valence-electron chi connectivity index (χ3n) is 3.20. The summed E-state index contributed by atoms with van der Waals surface area (Å²) < 4.78 is 10.5. The van der Waals surface area contributed by atoms with Crippen LogP contribution in [0.3, 0.4) is 0 Å². The van der Waals surface area contributed by atoms with Gasteiger partial charge >= 0.3 is 0 Å². The molecular weight excluding hydrogens is 202 g/mol. The predicted octanol–water partition coefficient (Wildman–Crippen LogP) is 2.23. The first-order valence-corrected chi connectivity index (χ1v) is 6.20. The van der Waals surface area contributed by atoms with Crippen LogP contribution in [0.25, 0.3) is 0 Å². The van der Waals surface area contributed by atoms with Crippen molar-refractivity contribution in [3.8, 4) is 0 Å². The highest BCUT2D eigenvalue weighted by Crippen LogP contribution is 2.20. The number of ether oxygens (including phenoxy) is 1. The van der Waals surface area contributed by atoms with Crippen LogP contribution in [-0.4, -0.2) is 25.8 Å². The Labute approximate surface area is 97.2 Å². The molecule has 1 aromatic heterocycles. The van der Waals surface area contributed by atoms with Crippen molar-refractivity contribution in [3.63, 3.8) is 0 Å². The Balaban J connectivity index is 1.83.